The van der Waals surface area contributed by atoms with E-state index >= 15 is 0 Å². The molecule has 1 aliphatic rings. The lowest BCUT2D eigenvalue weighted by Gasteiger charge is -2.31. The van der Waals surface area contributed by atoms with Crippen molar-refractivity contribution in [1.29, 1.82) is 0 Å². The zero-order valence-corrected chi connectivity index (χ0v) is 13.5. The van der Waals surface area contributed by atoms with Crippen molar-refractivity contribution >= 4 is 12.0 Å². The average molecular weight is 320 g/mol. The van der Waals surface area contributed by atoms with E-state index in [4.69, 9.17) is 4.74 Å². The van der Waals surface area contributed by atoms with Gasteiger partial charge in [-0.05, 0) is 37.5 Å². The second-order valence-electron chi connectivity index (χ2n) is 5.47. The monoisotopic (exact) mass is 320 g/mol. The summed E-state index contributed by atoms with van der Waals surface area (Å²) >= 11 is 0. The maximum Gasteiger partial charge on any atom is 0.409 e. The second kappa shape index (κ2) is 9.09. The number of hydrogen-bond donors (Lipinski definition) is 2. The Morgan fingerprint density at radius 1 is 1.30 bits per heavy atom. The van der Waals surface area contributed by atoms with Crippen LogP contribution in [0, 0.1) is 0 Å². The number of carbonyl (C=O) groups is 2. The molecule has 0 bridgehead atoms. The van der Waals surface area contributed by atoms with Crippen molar-refractivity contribution in [3.05, 3.63) is 30.1 Å². The number of aromatic nitrogens is 1. The molecule has 0 aromatic carbocycles. The summed E-state index contributed by atoms with van der Waals surface area (Å²) in [6.45, 7) is 4.31. The number of nitrogens with zero attached hydrogens (tertiary/aromatic N) is 2. The summed E-state index contributed by atoms with van der Waals surface area (Å²) in [7, 11) is 0. The summed E-state index contributed by atoms with van der Waals surface area (Å²) < 4.78 is 4.99. The van der Waals surface area contributed by atoms with Gasteiger partial charge < -0.3 is 20.3 Å². The zero-order valence-electron chi connectivity index (χ0n) is 13.5. The largest absolute Gasteiger partial charge is 0.450 e. The van der Waals surface area contributed by atoms with Gasteiger partial charge in [-0.15, -0.1) is 0 Å². The molecular formula is C16H24N4O3. The number of ether oxygens (including phenoxy) is 1. The van der Waals surface area contributed by atoms with Gasteiger partial charge in [-0.3, -0.25) is 9.78 Å². The molecule has 126 valence electrons. The smallest absolute Gasteiger partial charge is 0.409 e. The predicted octanol–water partition coefficient (Wildman–Crippen LogP) is 0.908. The number of pyridine rings is 1. The molecule has 1 aromatic rings. The van der Waals surface area contributed by atoms with E-state index in [1.54, 1.807) is 24.2 Å². The van der Waals surface area contributed by atoms with E-state index in [0.29, 0.717) is 26.2 Å². The number of nitrogens with one attached hydrogen (secondary N) is 2. The van der Waals surface area contributed by atoms with E-state index in [2.05, 4.69) is 15.6 Å². The maximum atomic E-state index is 11.8. The van der Waals surface area contributed by atoms with Gasteiger partial charge in [0.25, 0.3) is 0 Å². The molecule has 1 aromatic heterocycles. The van der Waals surface area contributed by atoms with Crippen molar-refractivity contribution in [2.24, 2.45) is 0 Å². The molecule has 1 aliphatic heterocycles. The predicted molar refractivity (Wildman–Crippen MR) is 85.7 cm³/mol. The van der Waals surface area contributed by atoms with Crippen molar-refractivity contribution in [3.8, 4) is 0 Å². The maximum absolute atomic E-state index is 11.8. The molecule has 23 heavy (non-hydrogen) atoms. The Labute approximate surface area is 136 Å². The Balaban J connectivity index is 1.61. The number of likely N-dealkylation sites (tertiary alicyclic amines) is 1. The number of rotatable bonds is 6. The van der Waals surface area contributed by atoms with E-state index in [0.717, 1.165) is 18.4 Å². The summed E-state index contributed by atoms with van der Waals surface area (Å²) in [6, 6.07) is 4.00. The molecule has 7 heteroatoms. The number of amides is 2. The lowest BCUT2D eigenvalue weighted by atomic mass is 10.1. The fraction of sp³-hybridized carbons (Fsp3) is 0.562. The molecule has 0 spiro atoms. The van der Waals surface area contributed by atoms with E-state index < -0.39 is 0 Å². The first kappa shape index (κ1) is 17.2. The fourth-order valence-electron chi connectivity index (χ4n) is 2.48. The Bertz CT molecular complexity index is 501. The first-order chi connectivity index (χ1) is 11.2. The van der Waals surface area contributed by atoms with Crippen LogP contribution in [0.1, 0.15) is 25.3 Å². The SMILES string of the molecule is CCOC(=O)N1CCC(NCC(=O)NCc2ccncc2)CC1. The molecular weight excluding hydrogens is 296 g/mol. The van der Waals surface area contributed by atoms with Crippen LogP contribution in [0.15, 0.2) is 24.5 Å². The van der Waals surface area contributed by atoms with Crippen molar-refractivity contribution < 1.29 is 14.3 Å². The van der Waals surface area contributed by atoms with Crippen LogP contribution in [0.4, 0.5) is 4.79 Å². The van der Waals surface area contributed by atoms with Crippen LogP contribution in [0.3, 0.4) is 0 Å². The van der Waals surface area contributed by atoms with Crippen LogP contribution >= 0.6 is 0 Å². The van der Waals surface area contributed by atoms with Crippen molar-refractivity contribution in [3.63, 3.8) is 0 Å². The molecule has 2 rings (SSSR count). The quantitative estimate of drug-likeness (QED) is 0.814. The van der Waals surface area contributed by atoms with Gasteiger partial charge in [0, 0.05) is 38.1 Å². The van der Waals surface area contributed by atoms with Crippen LogP contribution in [0.2, 0.25) is 0 Å². The minimum Gasteiger partial charge on any atom is -0.450 e. The lowest BCUT2D eigenvalue weighted by Crippen LogP contribution is -2.47. The molecule has 0 aliphatic carbocycles. The summed E-state index contributed by atoms with van der Waals surface area (Å²) in [5.74, 6) is -0.0327. The lowest BCUT2D eigenvalue weighted by molar-refractivity contribution is -0.120. The Morgan fingerprint density at radius 3 is 2.65 bits per heavy atom. The summed E-state index contributed by atoms with van der Waals surface area (Å²) in [5.41, 5.74) is 1.02. The molecule has 2 heterocycles. The molecule has 2 amide bonds. The van der Waals surface area contributed by atoms with Crippen LogP contribution in [0.25, 0.3) is 0 Å². The topological polar surface area (TPSA) is 83.6 Å². The van der Waals surface area contributed by atoms with E-state index in [1.165, 1.54) is 0 Å². The third-order valence-electron chi connectivity index (χ3n) is 3.81. The van der Waals surface area contributed by atoms with Crippen molar-refractivity contribution in [2.45, 2.75) is 32.4 Å². The van der Waals surface area contributed by atoms with Gasteiger partial charge in [-0.2, -0.15) is 0 Å². The standard InChI is InChI=1S/C16H24N4O3/c1-2-23-16(22)20-9-5-14(6-10-20)18-12-15(21)19-11-13-3-7-17-8-4-13/h3-4,7-8,14,18H,2,5-6,9-12H2,1H3,(H,19,21). The van der Waals surface area contributed by atoms with Gasteiger partial charge in [0.05, 0.1) is 13.2 Å². The summed E-state index contributed by atoms with van der Waals surface area (Å²) in [4.78, 5) is 29.1. The van der Waals surface area contributed by atoms with Crippen LogP contribution in [-0.4, -0.2) is 54.2 Å². The molecule has 1 saturated heterocycles. The zero-order chi connectivity index (χ0) is 16.5. The van der Waals surface area contributed by atoms with E-state index in [9.17, 15) is 9.59 Å². The van der Waals surface area contributed by atoms with Gasteiger partial charge in [0.15, 0.2) is 0 Å². The molecule has 7 nitrogen and oxygen atoms in total. The minimum absolute atomic E-state index is 0.0327. The Kier molecular flexibility index (Phi) is 6.80. The molecule has 0 unspecified atom stereocenters. The van der Waals surface area contributed by atoms with Crippen LogP contribution in [-0.2, 0) is 16.1 Å². The highest BCUT2D eigenvalue weighted by molar-refractivity contribution is 5.78. The summed E-state index contributed by atoms with van der Waals surface area (Å²) in [5, 5.41) is 6.11. The van der Waals surface area contributed by atoms with Crippen LogP contribution < -0.4 is 10.6 Å². The third-order valence-corrected chi connectivity index (χ3v) is 3.81. The highest BCUT2D eigenvalue weighted by atomic mass is 16.6. The van der Waals surface area contributed by atoms with Gasteiger partial charge in [-0.25, -0.2) is 4.79 Å². The third kappa shape index (κ3) is 5.86. The molecule has 1 fully saturated rings. The average Bonchev–Trinajstić information content (AvgIpc) is 2.59. The van der Waals surface area contributed by atoms with Gasteiger partial charge in [-0.1, -0.05) is 0 Å². The second-order valence-corrected chi connectivity index (χ2v) is 5.47. The Morgan fingerprint density at radius 2 is 2.00 bits per heavy atom. The highest BCUT2D eigenvalue weighted by Gasteiger charge is 2.23. The van der Waals surface area contributed by atoms with E-state index in [-0.39, 0.29) is 24.6 Å². The molecule has 0 radical (unpaired) electrons. The van der Waals surface area contributed by atoms with Gasteiger partial charge >= 0.3 is 6.09 Å². The minimum atomic E-state index is -0.249. The number of piperidine rings is 1. The van der Waals surface area contributed by atoms with E-state index in [1.807, 2.05) is 12.1 Å². The normalized spacial score (nSPS) is 15.3. The van der Waals surface area contributed by atoms with Gasteiger partial charge in [0.2, 0.25) is 5.91 Å². The van der Waals surface area contributed by atoms with Crippen LogP contribution in [0.5, 0.6) is 0 Å². The summed E-state index contributed by atoms with van der Waals surface area (Å²) in [6.07, 6.45) is 4.82. The first-order valence-electron chi connectivity index (χ1n) is 7.99. The highest BCUT2D eigenvalue weighted by Crippen LogP contribution is 2.11. The number of hydrogen-bond acceptors (Lipinski definition) is 5. The molecule has 0 atom stereocenters. The number of carbonyl (C=O) groups excluding carboxylic acids is 2. The van der Waals surface area contributed by atoms with Crippen molar-refractivity contribution in [2.75, 3.05) is 26.2 Å². The fourth-order valence-corrected chi connectivity index (χ4v) is 2.48. The van der Waals surface area contributed by atoms with Gasteiger partial charge in [0.1, 0.15) is 0 Å². The Hall–Kier alpha value is -2.15. The first-order valence-corrected chi connectivity index (χ1v) is 7.99. The van der Waals surface area contributed by atoms with Crippen molar-refractivity contribution in [1.82, 2.24) is 20.5 Å². The molecule has 0 saturated carbocycles. The molecule has 2 N–H and O–H groups in total.